The zero-order valence-corrected chi connectivity index (χ0v) is 22.7. The smallest absolute Gasteiger partial charge is 0.175 e. The lowest BCUT2D eigenvalue weighted by molar-refractivity contribution is 0.592. The van der Waals surface area contributed by atoms with Crippen molar-refractivity contribution in [2.24, 2.45) is 0 Å². The van der Waals surface area contributed by atoms with E-state index in [1.54, 1.807) is 12.1 Å². The Hall–Kier alpha value is -4.98. The lowest BCUT2D eigenvalue weighted by Crippen LogP contribution is -2.32. The Labute approximate surface area is 245 Å². The number of aromatic nitrogens is 2. The Morgan fingerprint density at radius 3 is 1.85 bits per heavy atom. The molecule has 0 saturated heterocycles. The molecule has 0 aliphatic carbocycles. The van der Waals surface area contributed by atoms with E-state index in [1.807, 2.05) is 109 Å². The van der Waals surface area contributed by atoms with E-state index in [4.69, 9.17) is 11.8 Å². The predicted molar refractivity (Wildman–Crippen MR) is 170 cm³/mol. The largest absolute Gasteiger partial charge is 0.308 e. The van der Waals surface area contributed by atoms with E-state index in [2.05, 4.69) is 4.57 Å². The van der Waals surface area contributed by atoms with Gasteiger partial charge in [0.2, 0.25) is 0 Å². The maximum Gasteiger partial charge on any atom is 0.175 e. The molecule has 8 rings (SSSR count). The van der Waals surface area contributed by atoms with Gasteiger partial charge in [0, 0.05) is 21.5 Å². The molecule has 7 aromatic rings. The van der Waals surface area contributed by atoms with Crippen LogP contribution >= 0.6 is 7.14 Å². The first kappa shape index (κ1) is 19.2. The molecule has 0 fully saturated rings. The van der Waals surface area contributed by atoms with Crippen molar-refractivity contribution in [1.82, 2.24) is 9.55 Å². The third kappa shape index (κ3) is 3.67. The summed E-state index contributed by atoms with van der Waals surface area (Å²) in [6, 6.07) is 37.3. The minimum Gasteiger partial charge on any atom is -0.308 e. The Morgan fingerprint density at radius 1 is 0.561 bits per heavy atom. The van der Waals surface area contributed by atoms with Gasteiger partial charge in [0.1, 0.15) is 5.82 Å². The maximum absolute atomic E-state index is 15.1. The van der Waals surface area contributed by atoms with Gasteiger partial charge in [0.05, 0.1) is 23.6 Å². The fraction of sp³-hybridized carbons (Fsp3) is 0. The van der Waals surface area contributed by atoms with E-state index in [0.29, 0.717) is 5.56 Å². The molecule has 41 heavy (non-hydrogen) atoms. The van der Waals surface area contributed by atoms with E-state index < -0.39 is 13.2 Å². The van der Waals surface area contributed by atoms with Gasteiger partial charge in [0.15, 0.2) is 7.14 Å². The van der Waals surface area contributed by atoms with E-state index in [9.17, 15) is 0 Å². The number of hydrogen-bond acceptors (Lipinski definition) is 2. The standard InChI is InChI=1S/C37H25N2OP/c40-41(31-12-5-2-6-13-31)34-16-8-7-15-33(34)39-36-32(14-9-17-35(36)41)38-37(39)30-24-22-29(23-25-30)28-20-18-27(19-21-28)26-10-3-1-4-11-26/h1-25H/i1D,3D,4D,10D,11D. The molecule has 0 amide bonds. The van der Waals surface area contributed by atoms with Crippen molar-refractivity contribution in [3.63, 3.8) is 0 Å². The van der Waals surface area contributed by atoms with Crippen molar-refractivity contribution in [3.8, 4) is 39.3 Å². The van der Waals surface area contributed by atoms with Crippen LogP contribution in [-0.2, 0) is 4.57 Å². The molecule has 6 aromatic carbocycles. The molecule has 0 N–H and O–H groups in total. The molecule has 1 atom stereocenters. The van der Waals surface area contributed by atoms with Crippen LogP contribution in [0.2, 0.25) is 0 Å². The molecule has 194 valence electrons. The molecule has 2 heterocycles. The Kier molecular flexibility index (Phi) is 4.34. The number of nitrogens with zero attached hydrogens (tertiary/aromatic N) is 2. The Balaban J connectivity index is 1.21. The van der Waals surface area contributed by atoms with Gasteiger partial charge in [-0.05, 0) is 46.5 Å². The summed E-state index contributed by atoms with van der Waals surface area (Å²) in [7, 11) is -3.15. The van der Waals surface area contributed by atoms with Crippen LogP contribution < -0.4 is 15.9 Å². The molecular weight excluding hydrogens is 519 g/mol. The second-order valence-electron chi connectivity index (χ2n) is 10.0. The minimum absolute atomic E-state index is 0.185. The highest BCUT2D eigenvalue weighted by atomic mass is 31.2. The topological polar surface area (TPSA) is 34.9 Å². The van der Waals surface area contributed by atoms with Crippen LogP contribution in [0.5, 0.6) is 0 Å². The van der Waals surface area contributed by atoms with Crippen LogP contribution in [0.15, 0.2) is 152 Å². The number of imidazole rings is 1. The van der Waals surface area contributed by atoms with E-state index >= 15 is 4.57 Å². The zero-order valence-electron chi connectivity index (χ0n) is 26.8. The molecule has 1 aliphatic rings. The summed E-state index contributed by atoms with van der Waals surface area (Å²) in [6.07, 6.45) is 0. The monoisotopic (exact) mass is 549 g/mol. The fourth-order valence-corrected chi connectivity index (χ4v) is 8.80. The molecule has 0 spiro atoms. The van der Waals surface area contributed by atoms with Crippen LogP contribution in [0.1, 0.15) is 6.85 Å². The third-order valence-corrected chi connectivity index (χ3v) is 10.8. The van der Waals surface area contributed by atoms with Crippen molar-refractivity contribution < 1.29 is 11.4 Å². The van der Waals surface area contributed by atoms with Gasteiger partial charge in [-0.3, -0.25) is 4.57 Å². The first-order chi connectivity index (χ1) is 22.3. The highest BCUT2D eigenvalue weighted by Gasteiger charge is 2.39. The average molecular weight is 550 g/mol. The van der Waals surface area contributed by atoms with Crippen LogP contribution in [0.25, 0.3) is 50.4 Å². The first-order valence-electron chi connectivity index (χ1n) is 15.8. The van der Waals surface area contributed by atoms with Gasteiger partial charge in [-0.2, -0.15) is 0 Å². The molecule has 1 unspecified atom stereocenters. The molecule has 3 nitrogen and oxygen atoms in total. The third-order valence-electron chi connectivity index (χ3n) is 7.73. The van der Waals surface area contributed by atoms with Gasteiger partial charge in [-0.25, -0.2) is 4.98 Å². The summed E-state index contributed by atoms with van der Waals surface area (Å²) >= 11 is 0. The van der Waals surface area contributed by atoms with Crippen LogP contribution in [-0.4, -0.2) is 9.55 Å². The maximum atomic E-state index is 15.1. The van der Waals surface area contributed by atoms with Gasteiger partial charge in [-0.1, -0.05) is 127 Å². The van der Waals surface area contributed by atoms with Crippen molar-refractivity contribution >= 4 is 34.1 Å². The first-order valence-corrected chi connectivity index (χ1v) is 15.1. The number of rotatable bonds is 4. The Morgan fingerprint density at radius 2 is 1.15 bits per heavy atom. The molecule has 1 aliphatic heterocycles. The van der Waals surface area contributed by atoms with Gasteiger partial charge in [0.25, 0.3) is 0 Å². The van der Waals surface area contributed by atoms with Crippen molar-refractivity contribution in [2.45, 2.75) is 0 Å². The SMILES string of the molecule is [2H]c1c([2H])c([2H])c(-c2ccc(-c3ccc(-c4nc5cccc6c5n4-c4ccccc4P6(=O)c4ccccc4)cc3)cc2)c([2H])c1[2H]. The summed E-state index contributed by atoms with van der Waals surface area (Å²) in [5.41, 5.74) is 6.04. The summed E-state index contributed by atoms with van der Waals surface area (Å²) in [5.74, 6) is 0.761. The summed E-state index contributed by atoms with van der Waals surface area (Å²) in [4.78, 5) is 5.06. The molecule has 0 radical (unpaired) electrons. The highest BCUT2D eigenvalue weighted by Crippen LogP contribution is 2.49. The van der Waals surface area contributed by atoms with Gasteiger partial charge < -0.3 is 4.57 Å². The molecule has 4 heteroatoms. The average Bonchev–Trinajstić information content (AvgIpc) is 3.50. The van der Waals surface area contributed by atoms with E-state index in [-0.39, 0.29) is 29.7 Å². The van der Waals surface area contributed by atoms with Crippen LogP contribution in [0.4, 0.5) is 0 Å². The minimum atomic E-state index is -3.15. The number of fused-ring (bicyclic) bond motifs is 2. The van der Waals surface area contributed by atoms with Gasteiger partial charge in [-0.15, -0.1) is 0 Å². The molecule has 1 aromatic heterocycles. The number of para-hydroxylation sites is 2. The summed E-state index contributed by atoms with van der Waals surface area (Å²) in [6.45, 7) is 0. The van der Waals surface area contributed by atoms with Gasteiger partial charge >= 0.3 is 0 Å². The quantitative estimate of drug-likeness (QED) is 0.209. The molecule has 0 bridgehead atoms. The Bertz CT molecular complexity index is 2360. The van der Waals surface area contributed by atoms with Crippen LogP contribution in [0.3, 0.4) is 0 Å². The zero-order chi connectivity index (χ0) is 31.7. The summed E-state index contributed by atoms with van der Waals surface area (Å²) in [5, 5.41) is 2.37. The lowest BCUT2D eigenvalue weighted by atomic mass is 9.99. The predicted octanol–water partition coefficient (Wildman–Crippen LogP) is 7.98. The normalized spacial score (nSPS) is 17.2. The second kappa shape index (κ2) is 9.30. The molecule has 0 saturated carbocycles. The fourth-order valence-electron chi connectivity index (χ4n) is 5.79. The summed E-state index contributed by atoms with van der Waals surface area (Å²) < 4.78 is 57.7. The number of benzene rings is 6. The lowest BCUT2D eigenvalue weighted by Gasteiger charge is -2.29. The van der Waals surface area contributed by atoms with Crippen molar-refractivity contribution in [3.05, 3.63) is 152 Å². The van der Waals surface area contributed by atoms with Crippen molar-refractivity contribution in [2.75, 3.05) is 0 Å². The molecular formula is C37H25N2OP. The van der Waals surface area contributed by atoms with Crippen molar-refractivity contribution in [1.29, 1.82) is 0 Å². The highest BCUT2D eigenvalue weighted by molar-refractivity contribution is 7.86. The number of hydrogen-bond donors (Lipinski definition) is 0. The van der Waals surface area contributed by atoms with Crippen LogP contribution in [0, 0.1) is 0 Å². The van der Waals surface area contributed by atoms with E-state index in [1.165, 1.54) is 0 Å². The van der Waals surface area contributed by atoms with E-state index in [0.717, 1.165) is 55.1 Å². The second-order valence-corrected chi connectivity index (χ2v) is 12.7.